The second-order valence-corrected chi connectivity index (χ2v) is 6.40. The van der Waals surface area contributed by atoms with Gasteiger partial charge in [-0.15, -0.1) is 0 Å². The van der Waals surface area contributed by atoms with Crippen molar-refractivity contribution >= 4 is 23.2 Å². The van der Waals surface area contributed by atoms with E-state index >= 15 is 0 Å². The molecule has 0 spiro atoms. The largest absolute Gasteiger partial charge is 0.495 e. The van der Waals surface area contributed by atoms with Gasteiger partial charge in [0, 0.05) is 11.1 Å². The third-order valence-electron chi connectivity index (χ3n) is 4.19. The Bertz CT molecular complexity index is 515. The van der Waals surface area contributed by atoms with E-state index in [2.05, 4.69) is 10.6 Å². The lowest BCUT2D eigenvalue weighted by atomic mass is 10.1. The zero-order valence-electron chi connectivity index (χ0n) is 12.2. The summed E-state index contributed by atoms with van der Waals surface area (Å²) in [5.74, 6) is 2.15. The van der Waals surface area contributed by atoms with Crippen LogP contribution in [0, 0.1) is 11.8 Å². The summed E-state index contributed by atoms with van der Waals surface area (Å²) in [5.41, 5.74) is 0.745. The summed E-state index contributed by atoms with van der Waals surface area (Å²) in [7, 11) is 1.60. The summed E-state index contributed by atoms with van der Waals surface area (Å²) < 4.78 is 5.26. The van der Waals surface area contributed by atoms with Crippen LogP contribution in [0.25, 0.3) is 0 Å². The van der Waals surface area contributed by atoms with E-state index in [4.69, 9.17) is 16.3 Å². The number of amides is 1. The minimum absolute atomic E-state index is 0.0424. The van der Waals surface area contributed by atoms with Crippen LogP contribution in [0.2, 0.25) is 5.02 Å². The summed E-state index contributed by atoms with van der Waals surface area (Å²) in [6.07, 6.45) is 5.04. The summed E-state index contributed by atoms with van der Waals surface area (Å²) >= 11 is 5.98. The molecule has 0 bridgehead atoms. The van der Waals surface area contributed by atoms with Crippen molar-refractivity contribution in [1.82, 2.24) is 5.32 Å². The number of ether oxygens (including phenoxy) is 1. The molecule has 0 heterocycles. The Labute approximate surface area is 130 Å². The number of benzene rings is 1. The van der Waals surface area contributed by atoms with Crippen molar-refractivity contribution in [2.75, 3.05) is 19.0 Å². The zero-order valence-corrected chi connectivity index (χ0v) is 13.0. The number of halogens is 1. The predicted octanol–water partition coefficient (Wildman–Crippen LogP) is 3.07. The average Bonchev–Trinajstić information content (AvgIpc) is 3.36. The minimum atomic E-state index is 0.0424. The van der Waals surface area contributed by atoms with Crippen LogP contribution in [0.3, 0.4) is 0 Å². The van der Waals surface area contributed by atoms with Gasteiger partial charge in [0.05, 0.1) is 19.3 Å². The lowest BCUT2D eigenvalue weighted by Crippen LogP contribution is -2.41. The van der Waals surface area contributed by atoms with Gasteiger partial charge in [-0.25, -0.2) is 0 Å². The number of anilines is 1. The normalized spacial score (nSPS) is 17.7. The standard InChI is InChI=1S/C16H21ClN2O2/c1-21-14-7-6-12(17)8-13(14)18-9-15(20)19-16(10-2-3-10)11-4-5-11/h6-8,10-11,16,18H,2-5,9H2,1H3,(H,19,20). The number of hydrogen-bond acceptors (Lipinski definition) is 3. The molecule has 1 amide bonds. The molecule has 3 rings (SSSR count). The first-order chi connectivity index (χ1) is 10.2. The maximum atomic E-state index is 12.1. The van der Waals surface area contributed by atoms with E-state index in [1.165, 1.54) is 25.7 Å². The molecule has 0 unspecified atom stereocenters. The van der Waals surface area contributed by atoms with Crippen molar-refractivity contribution in [3.8, 4) is 5.75 Å². The molecule has 0 radical (unpaired) electrons. The molecule has 0 aromatic heterocycles. The summed E-state index contributed by atoms with van der Waals surface area (Å²) in [5, 5.41) is 6.91. The first-order valence-electron chi connectivity index (χ1n) is 7.54. The van der Waals surface area contributed by atoms with Gasteiger partial charge in [-0.3, -0.25) is 4.79 Å². The number of carbonyl (C=O) groups is 1. The molecule has 2 aliphatic rings. The third kappa shape index (κ3) is 3.82. The number of hydrogen-bond donors (Lipinski definition) is 2. The van der Waals surface area contributed by atoms with E-state index in [0.29, 0.717) is 28.6 Å². The fraction of sp³-hybridized carbons (Fsp3) is 0.562. The molecule has 1 aromatic carbocycles. The Hall–Kier alpha value is -1.42. The van der Waals surface area contributed by atoms with Crippen molar-refractivity contribution in [2.24, 2.45) is 11.8 Å². The van der Waals surface area contributed by atoms with Crippen LogP contribution in [-0.2, 0) is 4.79 Å². The van der Waals surface area contributed by atoms with Crippen molar-refractivity contribution < 1.29 is 9.53 Å². The van der Waals surface area contributed by atoms with Gasteiger partial charge in [0.25, 0.3) is 0 Å². The van der Waals surface area contributed by atoms with E-state index in [9.17, 15) is 4.79 Å². The molecule has 0 aliphatic heterocycles. The van der Waals surface area contributed by atoms with Crippen molar-refractivity contribution in [1.29, 1.82) is 0 Å². The monoisotopic (exact) mass is 308 g/mol. The topological polar surface area (TPSA) is 50.4 Å². The quantitative estimate of drug-likeness (QED) is 0.814. The SMILES string of the molecule is COc1ccc(Cl)cc1NCC(=O)NC(C1CC1)C1CC1. The Morgan fingerprint density at radius 1 is 1.33 bits per heavy atom. The molecule has 114 valence electrons. The van der Waals surface area contributed by atoms with Gasteiger partial charge in [0.2, 0.25) is 5.91 Å². The molecule has 0 saturated heterocycles. The third-order valence-corrected chi connectivity index (χ3v) is 4.42. The fourth-order valence-corrected chi connectivity index (χ4v) is 2.93. The molecule has 21 heavy (non-hydrogen) atoms. The van der Waals surface area contributed by atoms with Crippen molar-refractivity contribution in [3.05, 3.63) is 23.2 Å². The molecular weight excluding hydrogens is 288 g/mol. The Morgan fingerprint density at radius 2 is 2.00 bits per heavy atom. The number of nitrogens with one attached hydrogen (secondary N) is 2. The molecule has 2 aliphatic carbocycles. The summed E-state index contributed by atoms with van der Waals surface area (Å²) in [6, 6.07) is 5.72. The van der Waals surface area contributed by atoms with Crippen LogP contribution in [-0.4, -0.2) is 25.6 Å². The van der Waals surface area contributed by atoms with Crippen molar-refractivity contribution in [2.45, 2.75) is 31.7 Å². The molecule has 4 nitrogen and oxygen atoms in total. The highest BCUT2D eigenvalue weighted by Crippen LogP contribution is 2.44. The van der Waals surface area contributed by atoms with Gasteiger partial charge in [-0.2, -0.15) is 0 Å². The number of carbonyl (C=O) groups excluding carboxylic acids is 1. The molecular formula is C16H21ClN2O2. The molecule has 2 fully saturated rings. The van der Waals surface area contributed by atoms with Gasteiger partial charge in [-0.05, 0) is 55.7 Å². The molecule has 2 N–H and O–H groups in total. The van der Waals surface area contributed by atoms with Gasteiger partial charge < -0.3 is 15.4 Å². The second kappa shape index (κ2) is 6.14. The maximum Gasteiger partial charge on any atom is 0.239 e. The highest BCUT2D eigenvalue weighted by Gasteiger charge is 2.42. The lowest BCUT2D eigenvalue weighted by molar-refractivity contribution is -0.120. The Kier molecular flexibility index (Phi) is 4.24. The van der Waals surface area contributed by atoms with Crippen LogP contribution in [0.1, 0.15) is 25.7 Å². The van der Waals surface area contributed by atoms with Crippen LogP contribution in [0.4, 0.5) is 5.69 Å². The Morgan fingerprint density at radius 3 is 2.57 bits per heavy atom. The Balaban J connectivity index is 1.54. The van der Waals surface area contributed by atoms with Gasteiger partial charge in [0.1, 0.15) is 5.75 Å². The van der Waals surface area contributed by atoms with Gasteiger partial charge >= 0.3 is 0 Å². The van der Waals surface area contributed by atoms with E-state index in [0.717, 1.165) is 5.69 Å². The predicted molar refractivity (Wildman–Crippen MR) is 83.9 cm³/mol. The van der Waals surface area contributed by atoms with Crippen molar-refractivity contribution in [3.63, 3.8) is 0 Å². The van der Waals surface area contributed by atoms with E-state index in [-0.39, 0.29) is 12.5 Å². The molecule has 0 atom stereocenters. The van der Waals surface area contributed by atoms with Crippen LogP contribution in [0.5, 0.6) is 5.75 Å². The summed E-state index contributed by atoms with van der Waals surface area (Å²) in [6.45, 7) is 0.243. The van der Waals surface area contributed by atoms with Crippen LogP contribution < -0.4 is 15.4 Å². The van der Waals surface area contributed by atoms with E-state index in [1.54, 1.807) is 25.3 Å². The summed E-state index contributed by atoms with van der Waals surface area (Å²) in [4.78, 5) is 12.1. The molecule has 5 heteroatoms. The first-order valence-corrected chi connectivity index (χ1v) is 7.92. The number of methoxy groups -OCH3 is 1. The molecule has 2 saturated carbocycles. The van der Waals surface area contributed by atoms with E-state index in [1.807, 2.05) is 0 Å². The highest BCUT2D eigenvalue weighted by molar-refractivity contribution is 6.30. The van der Waals surface area contributed by atoms with Crippen LogP contribution in [0.15, 0.2) is 18.2 Å². The molecule has 1 aromatic rings. The highest BCUT2D eigenvalue weighted by atomic mass is 35.5. The van der Waals surface area contributed by atoms with Gasteiger partial charge in [-0.1, -0.05) is 11.6 Å². The zero-order chi connectivity index (χ0) is 14.8. The van der Waals surface area contributed by atoms with E-state index < -0.39 is 0 Å². The average molecular weight is 309 g/mol. The maximum absolute atomic E-state index is 12.1. The lowest BCUT2D eigenvalue weighted by Gasteiger charge is -2.18. The van der Waals surface area contributed by atoms with Crippen LogP contribution >= 0.6 is 11.6 Å². The second-order valence-electron chi connectivity index (χ2n) is 5.97. The number of rotatable bonds is 7. The smallest absolute Gasteiger partial charge is 0.239 e. The first kappa shape index (κ1) is 14.5. The van der Waals surface area contributed by atoms with Gasteiger partial charge in [0.15, 0.2) is 0 Å². The fourth-order valence-electron chi connectivity index (χ4n) is 2.76. The minimum Gasteiger partial charge on any atom is -0.495 e.